The van der Waals surface area contributed by atoms with Crippen molar-refractivity contribution in [2.24, 2.45) is 0 Å². The fraction of sp³-hybridized carbons (Fsp3) is 0.895. The predicted octanol–water partition coefficient (Wildman–Crippen LogP) is 12.7. The summed E-state index contributed by atoms with van der Waals surface area (Å²) in [4.78, 5) is 23.4. The van der Waals surface area contributed by atoms with E-state index in [0.29, 0.717) is 19.3 Å². The van der Waals surface area contributed by atoms with Crippen molar-refractivity contribution in [3.63, 3.8) is 0 Å². The summed E-state index contributed by atoms with van der Waals surface area (Å²) in [7, 11) is 0. The first kappa shape index (κ1) is 40.7. The highest BCUT2D eigenvalue weighted by atomic mass is 16.5. The number of allylic oxidation sites excluding steroid dienone is 2. The van der Waals surface area contributed by atoms with Crippen LogP contribution in [0.25, 0.3) is 0 Å². The minimum Gasteiger partial charge on any atom is -0.481 e. The molecule has 42 heavy (non-hydrogen) atoms. The van der Waals surface area contributed by atoms with Crippen molar-refractivity contribution < 1.29 is 19.4 Å². The molecule has 0 rings (SSSR count). The maximum absolute atomic E-state index is 12.5. The van der Waals surface area contributed by atoms with Crippen LogP contribution in [0, 0.1) is 0 Å². The van der Waals surface area contributed by atoms with Crippen molar-refractivity contribution in [3.8, 4) is 0 Å². The molecular formula is C38H72O4. The molecule has 0 amide bonds. The monoisotopic (exact) mass is 593 g/mol. The quantitative estimate of drug-likeness (QED) is 0.0458. The van der Waals surface area contributed by atoms with Crippen molar-refractivity contribution in [3.05, 3.63) is 12.2 Å². The molecule has 4 nitrogen and oxygen atoms in total. The number of esters is 1. The minimum atomic E-state index is -0.769. The number of carboxylic acids is 1. The molecule has 1 atom stereocenters. The smallest absolute Gasteiger partial charge is 0.306 e. The molecule has 0 aromatic rings. The number of hydrogen-bond acceptors (Lipinski definition) is 3. The van der Waals surface area contributed by atoms with E-state index in [1.54, 1.807) is 0 Å². The third kappa shape index (κ3) is 33.2. The van der Waals surface area contributed by atoms with Gasteiger partial charge in [-0.05, 0) is 57.8 Å². The Balaban J connectivity index is 3.78. The minimum absolute atomic E-state index is 0.0915. The van der Waals surface area contributed by atoms with Crippen molar-refractivity contribution >= 4 is 11.9 Å². The fourth-order valence-corrected chi connectivity index (χ4v) is 5.72. The molecular weight excluding hydrogens is 520 g/mol. The Morgan fingerprint density at radius 3 is 1.33 bits per heavy atom. The van der Waals surface area contributed by atoms with Crippen molar-refractivity contribution in [2.75, 3.05) is 0 Å². The third-order valence-corrected chi connectivity index (χ3v) is 8.49. The fourth-order valence-electron chi connectivity index (χ4n) is 5.72. The number of carbonyl (C=O) groups is 2. The van der Waals surface area contributed by atoms with Gasteiger partial charge in [0.15, 0.2) is 0 Å². The number of carbonyl (C=O) groups excluding carboxylic acids is 1. The van der Waals surface area contributed by atoms with Crippen molar-refractivity contribution in [1.82, 2.24) is 0 Å². The van der Waals surface area contributed by atoms with E-state index in [-0.39, 0.29) is 18.5 Å². The summed E-state index contributed by atoms with van der Waals surface area (Å²) in [5.41, 5.74) is 0. The van der Waals surface area contributed by atoms with E-state index < -0.39 is 5.97 Å². The number of unbranched alkanes of at least 4 members (excludes halogenated alkanes) is 23. The Bertz CT molecular complexity index is 600. The summed E-state index contributed by atoms with van der Waals surface area (Å²) >= 11 is 0. The number of aliphatic carboxylic acids is 1. The summed E-state index contributed by atoms with van der Waals surface area (Å²) < 4.78 is 5.81. The van der Waals surface area contributed by atoms with Gasteiger partial charge in [-0.25, -0.2) is 0 Å². The zero-order chi connectivity index (χ0) is 30.8. The second kappa shape index (κ2) is 34.2. The van der Waals surface area contributed by atoms with Gasteiger partial charge in [-0.15, -0.1) is 0 Å². The number of rotatable bonds is 34. The highest BCUT2D eigenvalue weighted by Gasteiger charge is 2.15. The predicted molar refractivity (Wildman–Crippen MR) is 181 cm³/mol. The molecule has 0 radical (unpaired) electrons. The summed E-state index contributed by atoms with van der Waals surface area (Å²) in [5, 5.41) is 8.99. The van der Waals surface area contributed by atoms with Gasteiger partial charge in [-0.1, -0.05) is 154 Å². The van der Waals surface area contributed by atoms with Crippen LogP contribution in [0.15, 0.2) is 12.2 Å². The first-order valence-corrected chi connectivity index (χ1v) is 18.7. The van der Waals surface area contributed by atoms with Crippen LogP contribution in [-0.4, -0.2) is 23.1 Å². The Hall–Kier alpha value is -1.32. The van der Waals surface area contributed by atoms with E-state index >= 15 is 0 Å². The van der Waals surface area contributed by atoms with Crippen LogP contribution in [0.4, 0.5) is 0 Å². The van der Waals surface area contributed by atoms with Gasteiger partial charge in [-0.3, -0.25) is 9.59 Å². The van der Waals surface area contributed by atoms with Crippen molar-refractivity contribution in [1.29, 1.82) is 0 Å². The van der Waals surface area contributed by atoms with Gasteiger partial charge in [0.2, 0.25) is 0 Å². The first-order valence-electron chi connectivity index (χ1n) is 18.7. The van der Waals surface area contributed by atoms with Gasteiger partial charge in [0.05, 0.1) is 0 Å². The van der Waals surface area contributed by atoms with Gasteiger partial charge < -0.3 is 9.84 Å². The maximum Gasteiger partial charge on any atom is 0.306 e. The van der Waals surface area contributed by atoms with E-state index in [2.05, 4.69) is 26.0 Å². The van der Waals surface area contributed by atoms with Crippen LogP contribution >= 0.6 is 0 Å². The zero-order valence-electron chi connectivity index (χ0n) is 28.3. The number of ether oxygens (including phenoxy) is 1. The van der Waals surface area contributed by atoms with E-state index in [1.807, 2.05) is 0 Å². The lowest BCUT2D eigenvalue weighted by Gasteiger charge is -2.18. The second-order valence-corrected chi connectivity index (χ2v) is 12.8. The lowest BCUT2D eigenvalue weighted by molar-refractivity contribution is -0.150. The molecule has 0 aliphatic carbocycles. The number of carboxylic acid groups (broad SMARTS) is 1. The molecule has 0 fully saturated rings. The molecule has 0 saturated heterocycles. The second-order valence-electron chi connectivity index (χ2n) is 12.8. The third-order valence-electron chi connectivity index (χ3n) is 8.49. The summed E-state index contributed by atoms with van der Waals surface area (Å²) in [6, 6.07) is 0. The molecule has 248 valence electrons. The molecule has 0 aliphatic rings. The van der Waals surface area contributed by atoms with Gasteiger partial charge >= 0.3 is 11.9 Å². The van der Waals surface area contributed by atoms with Crippen LogP contribution in [0.5, 0.6) is 0 Å². The summed E-state index contributed by atoms with van der Waals surface area (Å²) in [6.45, 7) is 4.53. The molecule has 0 bridgehead atoms. The van der Waals surface area contributed by atoms with Crippen LogP contribution in [0.2, 0.25) is 0 Å². The van der Waals surface area contributed by atoms with Gasteiger partial charge in [0.1, 0.15) is 6.10 Å². The largest absolute Gasteiger partial charge is 0.481 e. The molecule has 0 heterocycles. The molecule has 1 N–H and O–H groups in total. The highest BCUT2D eigenvalue weighted by molar-refractivity contribution is 5.69. The topological polar surface area (TPSA) is 63.6 Å². The Morgan fingerprint density at radius 1 is 0.500 bits per heavy atom. The molecule has 0 spiro atoms. The van der Waals surface area contributed by atoms with E-state index in [9.17, 15) is 9.59 Å². The van der Waals surface area contributed by atoms with E-state index in [4.69, 9.17) is 9.84 Å². The van der Waals surface area contributed by atoms with E-state index in [1.165, 1.54) is 148 Å². The Labute approximate surface area is 262 Å². The van der Waals surface area contributed by atoms with Crippen LogP contribution in [-0.2, 0) is 14.3 Å². The summed E-state index contributed by atoms with van der Waals surface area (Å²) in [6.07, 6.45) is 40.8. The Kier molecular flexibility index (Phi) is 33.1. The molecule has 1 unspecified atom stereocenters. The first-order chi connectivity index (χ1) is 20.6. The van der Waals surface area contributed by atoms with Gasteiger partial charge in [0.25, 0.3) is 0 Å². The standard InChI is InChI=1S/C38H72O4/c1-3-5-7-9-11-13-15-16-17-18-19-20-22-24-26-28-30-35-38(41)42-36(33-31-34-37(39)40)32-29-27-25-23-21-14-12-10-8-6-4-2/h16-17,36H,3-15,18-35H2,1-2H3,(H,39,40)/b17-16-. The van der Waals surface area contributed by atoms with Gasteiger partial charge in [0, 0.05) is 12.8 Å². The maximum atomic E-state index is 12.5. The molecule has 0 saturated carbocycles. The van der Waals surface area contributed by atoms with Crippen LogP contribution in [0.1, 0.15) is 213 Å². The normalized spacial score (nSPS) is 12.2. The van der Waals surface area contributed by atoms with Crippen LogP contribution in [0.3, 0.4) is 0 Å². The van der Waals surface area contributed by atoms with E-state index in [0.717, 1.165) is 25.7 Å². The highest BCUT2D eigenvalue weighted by Crippen LogP contribution is 2.18. The number of hydrogen-bond donors (Lipinski definition) is 1. The molecule has 0 aromatic carbocycles. The van der Waals surface area contributed by atoms with Crippen molar-refractivity contribution in [2.45, 2.75) is 219 Å². The molecule has 4 heteroatoms. The van der Waals surface area contributed by atoms with Crippen LogP contribution < -0.4 is 0 Å². The Morgan fingerprint density at radius 2 is 0.881 bits per heavy atom. The van der Waals surface area contributed by atoms with Gasteiger partial charge in [-0.2, -0.15) is 0 Å². The average Bonchev–Trinajstić information content (AvgIpc) is 2.97. The molecule has 0 aromatic heterocycles. The molecule has 0 aliphatic heterocycles. The SMILES string of the molecule is CCCCCCCC/C=C\CCCCCCCCCC(=O)OC(CCCCCCCCCCCCC)CCCC(=O)O. The zero-order valence-corrected chi connectivity index (χ0v) is 28.3. The lowest BCUT2D eigenvalue weighted by Crippen LogP contribution is -2.18. The lowest BCUT2D eigenvalue weighted by atomic mass is 10.0. The average molecular weight is 593 g/mol. The summed E-state index contributed by atoms with van der Waals surface area (Å²) in [5.74, 6) is -0.860.